The molecule has 100 heavy (non-hydrogen) atoms. The van der Waals surface area contributed by atoms with Crippen LogP contribution in [0.2, 0.25) is 0 Å². The van der Waals surface area contributed by atoms with Crippen molar-refractivity contribution in [2.24, 2.45) is 41.4 Å². The molecular formula is C74H126ClIN12O12. The summed E-state index contributed by atoms with van der Waals surface area (Å²) >= 11 is 8.97. The van der Waals surface area contributed by atoms with Gasteiger partial charge in [-0.15, -0.1) is 11.6 Å². The second-order valence-electron chi connectivity index (χ2n) is 31.3. The quantitative estimate of drug-likeness (QED) is 0.0887. The number of carbonyl (C=O) groups is 12. The van der Waals surface area contributed by atoms with Gasteiger partial charge in [0.15, 0.2) is 0 Å². The van der Waals surface area contributed by atoms with Gasteiger partial charge in [-0.05, 0) is 138 Å². The van der Waals surface area contributed by atoms with E-state index in [0.717, 1.165) is 57.8 Å². The molecule has 5 aliphatic rings. The van der Waals surface area contributed by atoms with E-state index in [1.165, 1.54) is 76.6 Å². The van der Waals surface area contributed by atoms with Gasteiger partial charge >= 0.3 is 0 Å². The minimum absolute atomic E-state index is 0.000538. The Morgan fingerprint density at radius 2 is 1.06 bits per heavy atom. The van der Waals surface area contributed by atoms with Crippen molar-refractivity contribution in [1.29, 1.82) is 0 Å². The fourth-order valence-electron chi connectivity index (χ4n) is 15.1. The first-order valence-electron chi connectivity index (χ1n) is 37.7. The van der Waals surface area contributed by atoms with Crippen LogP contribution in [-0.2, 0) is 57.5 Å². The number of nitrogens with zero attached hydrogens (tertiary/aromatic N) is 8. The topological polar surface area (TPSA) is 279 Å². The molecule has 2 heterocycles. The number of halogens is 2. The van der Waals surface area contributed by atoms with Gasteiger partial charge in [-0.25, -0.2) is 0 Å². The lowest BCUT2D eigenvalue weighted by Gasteiger charge is -2.38. The summed E-state index contributed by atoms with van der Waals surface area (Å²) in [5.41, 5.74) is 0. The summed E-state index contributed by atoms with van der Waals surface area (Å²) in [6.07, 6.45) is 14.5. The lowest BCUT2D eigenvalue weighted by Crippen LogP contribution is -2.61. The van der Waals surface area contributed by atoms with E-state index >= 15 is 28.8 Å². The Morgan fingerprint density at radius 3 is 1.65 bits per heavy atom. The number of piperidine rings is 1. The van der Waals surface area contributed by atoms with Crippen LogP contribution in [0.4, 0.5) is 0 Å². The van der Waals surface area contributed by atoms with Gasteiger partial charge in [0.2, 0.25) is 70.9 Å². The van der Waals surface area contributed by atoms with Crippen molar-refractivity contribution < 1.29 is 57.5 Å². The molecule has 0 bridgehead atoms. The molecule has 5 rings (SSSR count). The summed E-state index contributed by atoms with van der Waals surface area (Å²) in [6, 6.07) is -9.41. The highest BCUT2D eigenvalue weighted by atomic mass is 127. The largest absolute Gasteiger partial charge is 0.343 e. The number of unbranched alkanes of at least 4 members (excludes halogenated alkanes) is 1. The van der Waals surface area contributed by atoms with Gasteiger partial charge in [-0.3, -0.25) is 57.5 Å². The lowest BCUT2D eigenvalue weighted by molar-refractivity contribution is -0.151. The van der Waals surface area contributed by atoms with Gasteiger partial charge < -0.3 is 60.5 Å². The molecule has 568 valence electrons. The summed E-state index contributed by atoms with van der Waals surface area (Å²) in [7, 11) is 10.3. The van der Waals surface area contributed by atoms with E-state index in [9.17, 15) is 28.8 Å². The van der Waals surface area contributed by atoms with Crippen LogP contribution in [0.1, 0.15) is 216 Å². The van der Waals surface area contributed by atoms with Gasteiger partial charge in [0.05, 0.1) is 26.1 Å². The Kier molecular flexibility index (Phi) is 35.2. The second-order valence-corrected chi connectivity index (χ2v) is 33.7. The first-order valence-corrected chi connectivity index (χ1v) is 39.4. The summed E-state index contributed by atoms with van der Waals surface area (Å²) in [5.74, 6) is -7.26. The number of nitrogens with one attached hydrogen (secondary N) is 4. The Hall–Kier alpha value is -5.34. The molecule has 2 aliphatic heterocycles. The number of carbonyl (C=O) groups excluding carboxylic acids is 12. The smallest absolute Gasteiger partial charge is 0.245 e. The number of rotatable bonds is 16. The first kappa shape index (κ1) is 85.3. The monoisotopic (exact) mass is 1540 g/mol. The van der Waals surface area contributed by atoms with Crippen LogP contribution in [0.3, 0.4) is 0 Å². The average molecular weight is 1540 g/mol. The van der Waals surface area contributed by atoms with Crippen LogP contribution in [-0.4, -0.2) is 250 Å². The maximum absolute atomic E-state index is 15.5. The van der Waals surface area contributed by atoms with Crippen LogP contribution in [0.15, 0.2) is 0 Å². The van der Waals surface area contributed by atoms with Crippen LogP contribution in [0.5, 0.6) is 0 Å². The SMILES string of the molecule is CCCC[C@@H]1NC(=O)[C@H](CC2CCCC(I)C2)NC(=O)CN(C)C(=O)[C@H](CC2CCC(Cl)CC2)N(C)C(=O)CN(C)C(=O)CN(C)C(=O)[C@H]([C@@H](C)CC)NC(=O)[C@H](CC(C)C)N(C)C(=O)C[C@@H](C(=O)N2CCCCC2)N(C)C(=O)[C@H](CC(C)C)NC(=O)[C@H](CC2CCC(C)CC2)N(C)C1=O. The minimum atomic E-state index is -1.37. The van der Waals surface area contributed by atoms with E-state index in [2.05, 4.69) is 50.8 Å². The number of likely N-dealkylation sites (N-methyl/N-ethyl adjacent to an activating group) is 7. The Balaban J connectivity index is 1.64. The van der Waals surface area contributed by atoms with Crippen molar-refractivity contribution in [3.63, 3.8) is 0 Å². The molecule has 26 heteroatoms. The summed E-state index contributed by atoms with van der Waals surface area (Å²) < 4.78 is 0.345. The van der Waals surface area contributed by atoms with Crippen molar-refractivity contribution in [3.8, 4) is 0 Å². The van der Waals surface area contributed by atoms with E-state index in [1.807, 2.05) is 41.5 Å². The van der Waals surface area contributed by atoms with E-state index in [-0.39, 0.29) is 73.5 Å². The molecule has 0 aromatic heterocycles. The highest BCUT2D eigenvalue weighted by Crippen LogP contribution is 2.35. The molecular weight excluding hydrogens is 1410 g/mol. The van der Waals surface area contributed by atoms with E-state index < -0.39 is 151 Å². The molecule has 0 aromatic carbocycles. The number of hydrogen-bond acceptors (Lipinski definition) is 12. The first-order chi connectivity index (χ1) is 47.1. The molecule has 0 radical (unpaired) electrons. The zero-order chi connectivity index (χ0) is 74.4. The van der Waals surface area contributed by atoms with E-state index in [4.69, 9.17) is 11.6 Å². The highest BCUT2D eigenvalue weighted by molar-refractivity contribution is 14.1. The fourth-order valence-corrected chi connectivity index (χ4v) is 16.6. The van der Waals surface area contributed by atoms with Crippen LogP contribution >= 0.6 is 34.2 Å². The summed E-state index contributed by atoms with van der Waals surface area (Å²) in [5, 5.41) is 12.0. The Bertz CT molecular complexity index is 2760. The molecule has 2 saturated heterocycles. The zero-order valence-corrected chi connectivity index (χ0v) is 66.2. The molecule has 5 fully saturated rings. The maximum Gasteiger partial charge on any atom is 0.245 e. The lowest BCUT2D eigenvalue weighted by atomic mass is 9.79. The Morgan fingerprint density at radius 1 is 0.510 bits per heavy atom. The predicted molar refractivity (Wildman–Crippen MR) is 396 cm³/mol. The van der Waals surface area contributed by atoms with Crippen molar-refractivity contribution in [2.75, 3.05) is 82.1 Å². The van der Waals surface area contributed by atoms with Gasteiger partial charge in [0.1, 0.15) is 48.3 Å². The molecule has 3 aliphatic carbocycles. The van der Waals surface area contributed by atoms with Crippen LogP contribution in [0.25, 0.3) is 0 Å². The van der Waals surface area contributed by atoms with Crippen LogP contribution in [0, 0.1) is 41.4 Å². The molecule has 0 aromatic rings. The third kappa shape index (κ3) is 25.5. The van der Waals surface area contributed by atoms with Crippen molar-refractivity contribution in [3.05, 3.63) is 0 Å². The van der Waals surface area contributed by atoms with E-state index in [1.54, 1.807) is 18.9 Å². The third-order valence-corrected chi connectivity index (χ3v) is 23.7. The fraction of sp³-hybridized carbons (Fsp3) is 0.838. The van der Waals surface area contributed by atoms with Crippen molar-refractivity contribution in [1.82, 2.24) is 60.5 Å². The van der Waals surface area contributed by atoms with Crippen LogP contribution < -0.4 is 21.3 Å². The molecule has 0 spiro atoms. The minimum Gasteiger partial charge on any atom is -0.343 e. The predicted octanol–water partition coefficient (Wildman–Crippen LogP) is 7.14. The molecule has 3 saturated carbocycles. The second kappa shape index (κ2) is 41.2. The molecule has 4 N–H and O–H groups in total. The zero-order valence-electron chi connectivity index (χ0n) is 63.3. The van der Waals surface area contributed by atoms with Gasteiger partial charge in [-0.2, -0.15) is 0 Å². The van der Waals surface area contributed by atoms with Crippen molar-refractivity contribution >= 4 is 105 Å². The van der Waals surface area contributed by atoms with Gasteiger partial charge in [0.25, 0.3) is 0 Å². The maximum atomic E-state index is 15.5. The molecule has 2 unspecified atom stereocenters. The highest BCUT2D eigenvalue weighted by Gasteiger charge is 2.44. The standard InChI is InChI=1S/C74H126ClIN12O12/c1-16-18-25-55-70(96)86(14)59(40-50-28-26-48(7)27-29-50)68(94)79-57(36-46(3)4)71(97)87(15)61(73(99)88-34-20-19-21-35-88)42-63(90)84(12)58(37-47(5)6)69(95)80-66(49(8)17-2)74(100)83(11)44-64(91)81(9)45-65(92)85(13)60(41-51-30-32-53(75)33-31-51)72(98)82(10)43-62(89)77-56(67(93)78-55)39-52-23-22-24-54(76)38-52/h46-61,66H,16-45H2,1-15H3,(H,77,89)(H,78,93)(H,79,94)(H,80,95)/t48?,49-,50?,51?,52?,53?,54?,55-,56-,57-,58-,59-,60-,61-,66-/m0/s1. The molecule has 24 nitrogen and oxygen atoms in total. The summed E-state index contributed by atoms with van der Waals surface area (Å²) in [6.45, 7) is 14.7. The van der Waals surface area contributed by atoms with Gasteiger partial charge in [-0.1, -0.05) is 136 Å². The average Bonchev–Trinajstić information content (AvgIpc) is 0.821. The number of likely N-dealkylation sites (tertiary alicyclic amines) is 1. The Labute approximate surface area is 616 Å². The number of hydrogen-bond donors (Lipinski definition) is 4. The van der Waals surface area contributed by atoms with Gasteiger partial charge in [0, 0.05) is 71.7 Å². The third-order valence-electron chi connectivity index (χ3n) is 22.1. The van der Waals surface area contributed by atoms with E-state index in [0.29, 0.717) is 80.7 Å². The normalized spacial score (nSPS) is 30.7. The summed E-state index contributed by atoms with van der Waals surface area (Å²) in [4.78, 5) is 190. The molecule has 11 atom stereocenters. The van der Waals surface area contributed by atoms with Crippen molar-refractivity contribution in [2.45, 2.75) is 274 Å². The number of alkyl halides is 2. The number of amides is 12. The molecule has 12 amide bonds.